The summed E-state index contributed by atoms with van der Waals surface area (Å²) < 4.78 is 4.24. The van der Waals surface area contributed by atoms with E-state index in [0.29, 0.717) is 11.4 Å². The predicted molar refractivity (Wildman–Crippen MR) is 101 cm³/mol. The van der Waals surface area contributed by atoms with E-state index < -0.39 is 0 Å². The average molecular weight is 333 g/mol. The molecule has 0 radical (unpaired) electrons. The number of nitrogens with zero attached hydrogens (tertiary/aromatic N) is 4. The van der Waals surface area contributed by atoms with Crippen molar-refractivity contribution in [1.82, 2.24) is 4.68 Å². The molecule has 0 unspecified atom stereocenters. The van der Waals surface area contributed by atoms with E-state index in [1.807, 2.05) is 24.3 Å². The SMILES string of the molecule is [C-]#[N+]c1ccc2c[n+]3n(c2c1[N+]#[C-])-c1c(cccc1-c1ccccc1)C3. The molecule has 0 amide bonds. The van der Waals surface area contributed by atoms with Crippen LogP contribution >= 0.6 is 0 Å². The van der Waals surface area contributed by atoms with Crippen molar-refractivity contribution in [2.45, 2.75) is 6.54 Å². The summed E-state index contributed by atoms with van der Waals surface area (Å²) in [6.45, 7) is 15.8. The highest BCUT2D eigenvalue weighted by Gasteiger charge is 2.32. The average Bonchev–Trinajstić information content (AvgIpc) is 3.23. The van der Waals surface area contributed by atoms with E-state index in [-0.39, 0.29) is 0 Å². The molecule has 4 heteroatoms. The van der Waals surface area contributed by atoms with Gasteiger partial charge in [0.15, 0.2) is 12.2 Å². The molecular formula is C22H13N4+. The Morgan fingerprint density at radius 1 is 0.885 bits per heavy atom. The first-order valence-electron chi connectivity index (χ1n) is 8.32. The summed E-state index contributed by atoms with van der Waals surface area (Å²) in [6.07, 6.45) is 2.06. The maximum absolute atomic E-state index is 7.63. The minimum absolute atomic E-state index is 0.402. The monoisotopic (exact) mass is 333 g/mol. The number of para-hydroxylation sites is 1. The van der Waals surface area contributed by atoms with Crippen LogP contribution in [0.4, 0.5) is 11.4 Å². The first-order chi connectivity index (χ1) is 12.8. The van der Waals surface area contributed by atoms with E-state index in [1.54, 1.807) is 6.07 Å². The van der Waals surface area contributed by atoms with Crippen molar-refractivity contribution in [3.63, 3.8) is 0 Å². The molecule has 0 spiro atoms. The molecule has 26 heavy (non-hydrogen) atoms. The van der Waals surface area contributed by atoms with Crippen molar-refractivity contribution in [2.75, 3.05) is 0 Å². The standard InChI is InChI=1S/C22H13N4/c1-23-19-12-11-17-14-25-13-16-9-6-10-18(15-7-4-3-5-8-15)21(16)26(25)22(17)20(19)24-2/h3-12,14H,13H2/q+1. The first kappa shape index (κ1) is 14.5. The lowest BCUT2D eigenvalue weighted by molar-refractivity contribution is -0.749. The third-order valence-electron chi connectivity index (χ3n) is 4.90. The molecule has 0 fully saturated rings. The van der Waals surface area contributed by atoms with Crippen LogP contribution in [0.1, 0.15) is 5.56 Å². The van der Waals surface area contributed by atoms with Gasteiger partial charge in [-0.05, 0) is 5.56 Å². The molecule has 2 heterocycles. The summed E-state index contributed by atoms with van der Waals surface area (Å²) in [6, 6.07) is 20.3. The van der Waals surface area contributed by atoms with Gasteiger partial charge in [0.25, 0.3) is 0 Å². The minimum Gasteiger partial charge on any atom is -0.250 e. The van der Waals surface area contributed by atoms with Crippen LogP contribution in [0.5, 0.6) is 0 Å². The predicted octanol–water partition coefficient (Wildman–Crippen LogP) is 5.05. The fraction of sp³-hybridized carbons (Fsp3) is 0.0455. The molecule has 1 aliphatic rings. The smallest absolute Gasteiger partial charge is 0.224 e. The summed E-state index contributed by atoms with van der Waals surface area (Å²) in [5.41, 5.74) is 6.24. The molecule has 0 atom stereocenters. The van der Waals surface area contributed by atoms with Gasteiger partial charge in [-0.3, -0.25) is 4.85 Å². The lowest BCUT2D eigenvalue weighted by Crippen LogP contribution is -2.36. The summed E-state index contributed by atoms with van der Waals surface area (Å²) in [4.78, 5) is 7.24. The molecule has 1 aromatic heterocycles. The summed E-state index contributed by atoms with van der Waals surface area (Å²) in [5, 5.41) is 0.983. The van der Waals surface area contributed by atoms with Crippen LogP contribution in [0.25, 0.3) is 37.4 Å². The van der Waals surface area contributed by atoms with Gasteiger partial charge in [0.1, 0.15) is 11.2 Å². The second-order valence-electron chi connectivity index (χ2n) is 6.31. The number of hydrogen-bond donors (Lipinski definition) is 0. The van der Waals surface area contributed by atoms with E-state index in [4.69, 9.17) is 13.1 Å². The van der Waals surface area contributed by atoms with Gasteiger partial charge in [-0.15, -0.1) is 9.36 Å². The van der Waals surface area contributed by atoms with E-state index in [0.717, 1.165) is 34.3 Å². The van der Waals surface area contributed by atoms with Crippen molar-refractivity contribution in [2.24, 2.45) is 0 Å². The largest absolute Gasteiger partial charge is 0.250 e. The van der Waals surface area contributed by atoms with Gasteiger partial charge in [-0.2, -0.15) is 0 Å². The fourth-order valence-corrected chi connectivity index (χ4v) is 3.81. The van der Waals surface area contributed by atoms with Crippen LogP contribution in [0, 0.1) is 13.1 Å². The maximum Gasteiger partial charge on any atom is 0.224 e. The molecule has 0 bridgehead atoms. The van der Waals surface area contributed by atoms with Crippen LogP contribution in [0.3, 0.4) is 0 Å². The summed E-state index contributed by atoms with van der Waals surface area (Å²) in [7, 11) is 0. The highest BCUT2D eigenvalue weighted by molar-refractivity contribution is 5.99. The molecule has 4 aromatic rings. The Kier molecular flexibility index (Phi) is 2.95. The van der Waals surface area contributed by atoms with Crippen molar-refractivity contribution < 1.29 is 4.68 Å². The minimum atomic E-state index is 0.402. The first-order valence-corrected chi connectivity index (χ1v) is 8.32. The maximum atomic E-state index is 7.63. The van der Waals surface area contributed by atoms with Crippen molar-refractivity contribution >= 4 is 22.3 Å². The molecule has 0 N–H and O–H groups in total. The van der Waals surface area contributed by atoms with Crippen LogP contribution in [0.15, 0.2) is 66.9 Å². The third kappa shape index (κ3) is 1.84. The van der Waals surface area contributed by atoms with Crippen molar-refractivity contribution in [1.29, 1.82) is 0 Å². The van der Waals surface area contributed by atoms with E-state index in [2.05, 4.69) is 55.6 Å². The molecular weight excluding hydrogens is 320 g/mol. The number of rotatable bonds is 1. The second kappa shape index (κ2) is 5.31. The molecule has 4 nitrogen and oxygen atoms in total. The molecule has 3 aromatic carbocycles. The van der Waals surface area contributed by atoms with E-state index in [1.165, 1.54) is 5.56 Å². The lowest BCUT2D eigenvalue weighted by atomic mass is 10.0. The third-order valence-corrected chi connectivity index (χ3v) is 4.90. The van der Waals surface area contributed by atoms with E-state index >= 15 is 0 Å². The van der Waals surface area contributed by atoms with Crippen molar-refractivity contribution in [3.8, 4) is 16.8 Å². The van der Waals surface area contributed by atoms with Crippen LogP contribution < -0.4 is 4.68 Å². The highest BCUT2D eigenvalue weighted by Crippen LogP contribution is 2.40. The molecule has 5 rings (SSSR count). The molecule has 1 aliphatic heterocycles. The lowest BCUT2D eigenvalue weighted by Gasteiger charge is -2.08. The number of hydrogen-bond acceptors (Lipinski definition) is 0. The zero-order valence-corrected chi connectivity index (χ0v) is 13.8. The Labute approximate surface area is 150 Å². The normalized spacial score (nSPS) is 11.6. The topological polar surface area (TPSA) is 17.5 Å². The van der Waals surface area contributed by atoms with Gasteiger partial charge in [-0.25, -0.2) is 4.85 Å². The fourth-order valence-electron chi connectivity index (χ4n) is 3.81. The number of fused-ring (bicyclic) bond motifs is 5. The van der Waals surface area contributed by atoms with Gasteiger partial charge < -0.3 is 0 Å². The summed E-state index contributed by atoms with van der Waals surface area (Å²) >= 11 is 0. The zero-order valence-electron chi connectivity index (χ0n) is 13.8. The van der Waals surface area contributed by atoms with Crippen LogP contribution in [-0.2, 0) is 6.54 Å². The van der Waals surface area contributed by atoms with Gasteiger partial charge in [0.2, 0.25) is 11.9 Å². The Balaban J connectivity index is 1.91. The van der Waals surface area contributed by atoms with Gasteiger partial charge in [-0.1, -0.05) is 60.7 Å². The Morgan fingerprint density at radius 3 is 2.50 bits per heavy atom. The molecule has 120 valence electrons. The van der Waals surface area contributed by atoms with Gasteiger partial charge in [0, 0.05) is 11.1 Å². The highest BCUT2D eigenvalue weighted by atomic mass is 15.4. The second-order valence-corrected chi connectivity index (χ2v) is 6.31. The number of benzene rings is 3. The Hall–Kier alpha value is -3.89. The van der Waals surface area contributed by atoms with Crippen LogP contribution in [0.2, 0.25) is 0 Å². The van der Waals surface area contributed by atoms with Gasteiger partial charge >= 0.3 is 0 Å². The molecule has 0 saturated heterocycles. The van der Waals surface area contributed by atoms with Crippen LogP contribution in [-0.4, -0.2) is 4.68 Å². The van der Waals surface area contributed by atoms with Crippen molar-refractivity contribution in [3.05, 3.63) is 95.3 Å². The molecule has 0 aliphatic carbocycles. The van der Waals surface area contributed by atoms with E-state index in [9.17, 15) is 0 Å². The van der Waals surface area contributed by atoms with Gasteiger partial charge in [0.05, 0.1) is 18.5 Å². The Bertz CT molecular complexity index is 1270. The zero-order chi connectivity index (χ0) is 17.7. The quantitative estimate of drug-likeness (QED) is 0.302. The Morgan fingerprint density at radius 2 is 1.73 bits per heavy atom. The molecule has 0 saturated carbocycles. The number of aromatic nitrogens is 2. The summed E-state index contributed by atoms with van der Waals surface area (Å²) in [5.74, 6) is 0.